The van der Waals surface area contributed by atoms with Gasteiger partial charge >= 0.3 is 0 Å². The normalized spacial score (nSPS) is 10.7. The summed E-state index contributed by atoms with van der Waals surface area (Å²) in [7, 11) is 0. The largest absolute Gasteiger partial charge is 0.232 e. The molecule has 0 aliphatic carbocycles. The second-order valence-corrected chi connectivity index (χ2v) is 2.12. The number of hydrogen-bond acceptors (Lipinski definition) is 0. The lowest BCUT2D eigenvalue weighted by Crippen LogP contribution is -1.75. The fourth-order valence-corrected chi connectivity index (χ4v) is 0.758. The summed E-state index contributed by atoms with van der Waals surface area (Å²) >= 11 is 0. The summed E-state index contributed by atoms with van der Waals surface area (Å²) in [6.45, 7) is -0.239. The third-order valence-corrected chi connectivity index (χ3v) is 1.28. The first-order valence-electron chi connectivity index (χ1n) is 3.33. The molecule has 0 aliphatic heterocycles. The Labute approximate surface area is 64.8 Å². The summed E-state index contributed by atoms with van der Waals surface area (Å²) in [4.78, 5) is 0. The van der Waals surface area contributed by atoms with Crippen LogP contribution in [0.3, 0.4) is 0 Å². The van der Waals surface area contributed by atoms with Crippen LogP contribution in [0, 0.1) is 5.82 Å². The van der Waals surface area contributed by atoms with Crippen molar-refractivity contribution >= 4 is 6.08 Å². The molecule has 1 rings (SSSR count). The van der Waals surface area contributed by atoms with E-state index in [9.17, 15) is 9.50 Å². The molecule has 1 aromatic carbocycles. The fraction of sp³-hybridized carbons (Fsp3) is 0.111. The summed E-state index contributed by atoms with van der Waals surface area (Å²) in [6.07, 6.45) is 3.17. The average Bonchev–Trinajstić information content (AvgIpc) is 2.04. The highest BCUT2D eigenvalue weighted by Crippen LogP contribution is 2.03. The van der Waals surface area contributed by atoms with Gasteiger partial charge in [0.2, 0.25) is 0 Å². The van der Waals surface area contributed by atoms with Crippen molar-refractivity contribution in [2.75, 3.05) is 6.61 Å². The second kappa shape index (κ2) is 3.88. The molecule has 11 heavy (non-hydrogen) atoms. The van der Waals surface area contributed by atoms with Crippen LogP contribution in [0.4, 0.5) is 4.39 Å². The molecule has 0 aliphatic rings. The van der Waals surface area contributed by atoms with Crippen LogP contribution < -0.4 is 0 Å². The molecule has 0 saturated carbocycles. The van der Waals surface area contributed by atoms with Gasteiger partial charge in [0, 0.05) is 0 Å². The van der Waals surface area contributed by atoms with Crippen molar-refractivity contribution in [1.82, 2.24) is 0 Å². The zero-order valence-electron chi connectivity index (χ0n) is 5.96. The monoisotopic (exact) mass is 151 g/mol. The van der Waals surface area contributed by atoms with Crippen molar-refractivity contribution in [3.05, 3.63) is 41.7 Å². The molecule has 0 saturated heterocycles. The molecule has 1 aromatic rings. The predicted molar refractivity (Wildman–Crippen MR) is 41.0 cm³/mol. The molecule has 57 valence electrons. The van der Waals surface area contributed by atoms with Crippen molar-refractivity contribution in [3.63, 3.8) is 0 Å². The minimum Gasteiger partial charge on any atom is -0.232 e. The van der Waals surface area contributed by atoms with Gasteiger partial charge in [0.05, 0.1) is 0 Å². The maximum atomic E-state index is 12.3. The highest BCUT2D eigenvalue weighted by molar-refractivity contribution is 5.48. The van der Waals surface area contributed by atoms with Gasteiger partial charge in [-0.05, 0) is 17.7 Å². The average molecular weight is 151 g/mol. The van der Waals surface area contributed by atoms with Crippen molar-refractivity contribution < 1.29 is 9.50 Å². The zero-order valence-corrected chi connectivity index (χ0v) is 5.96. The van der Waals surface area contributed by atoms with Gasteiger partial charge in [-0.2, -0.15) is 0 Å². The topological polar surface area (TPSA) is 19.9 Å². The molecule has 0 N–H and O–H groups in total. The number of rotatable bonds is 2. The summed E-state index contributed by atoms with van der Waals surface area (Å²) in [6, 6.07) is 5.98. The van der Waals surface area contributed by atoms with Crippen molar-refractivity contribution in [3.8, 4) is 0 Å². The van der Waals surface area contributed by atoms with Gasteiger partial charge in [0.25, 0.3) is 0 Å². The minimum absolute atomic E-state index is 0.239. The van der Waals surface area contributed by atoms with Gasteiger partial charge in [-0.15, -0.1) is 0 Å². The van der Waals surface area contributed by atoms with E-state index in [0.717, 1.165) is 5.56 Å². The van der Waals surface area contributed by atoms with E-state index in [1.807, 2.05) is 0 Å². The van der Waals surface area contributed by atoms with Crippen LogP contribution in [0.1, 0.15) is 5.56 Å². The first-order chi connectivity index (χ1) is 5.33. The number of benzene rings is 1. The van der Waals surface area contributed by atoms with Gasteiger partial charge in [-0.1, -0.05) is 24.3 Å². The zero-order chi connectivity index (χ0) is 8.10. The van der Waals surface area contributed by atoms with Gasteiger partial charge in [0.1, 0.15) is 12.4 Å². The predicted octanol–water partition coefficient (Wildman–Crippen LogP) is 2.27. The standard InChI is InChI=1S/C9H8FO/c10-9-5-3-8(4-6-9)2-1-7-11/h1-6H,7H2/b2-1+. The molecule has 0 bridgehead atoms. The van der Waals surface area contributed by atoms with Crippen LogP contribution in [0.15, 0.2) is 30.3 Å². The molecule has 1 nitrogen and oxygen atoms in total. The first-order valence-corrected chi connectivity index (χ1v) is 3.33. The van der Waals surface area contributed by atoms with Crippen LogP contribution >= 0.6 is 0 Å². The highest BCUT2D eigenvalue weighted by atomic mass is 19.1. The van der Waals surface area contributed by atoms with Crippen molar-refractivity contribution in [2.24, 2.45) is 0 Å². The van der Waals surface area contributed by atoms with E-state index < -0.39 is 0 Å². The van der Waals surface area contributed by atoms with E-state index in [1.165, 1.54) is 18.2 Å². The smallest absolute Gasteiger partial charge is 0.123 e. The Bertz CT molecular complexity index is 238. The van der Waals surface area contributed by atoms with E-state index in [4.69, 9.17) is 0 Å². The Kier molecular flexibility index (Phi) is 2.81. The third-order valence-electron chi connectivity index (χ3n) is 1.28. The highest BCUT2D eigenvalue weighted by Gasteiger charge is 1.87. The van der Waals surface area contributed by atoms with Crippen molar-refractivity contribution in [1.29, 1.82) is 0 Å². The molecule has 0 unspecified atom stereocenters. The van der Waals surface area contributed by atoms with Gasteiger partial charge in [-0.25, -0.2) is 9.50 Å². The summed E-state index contributed by atoms with van der Waals surface area (Å²) in [5, 5.41) is 10.0. The molecular weight excluding hydrogens is 143 g/mol. The van der Waals surface area contributed by atoms with Crippen LogP contribution in [-0.4, -0.2) is 6.61 Å². The van der Waals surface area contributed by atoms with Gasteiger partial charge < -0.3 is 0 Å². The Morgan fingerprint density at radius 2 is 1.91 bits per heavy atom. The Hall–Kier alpha value is -1.15. The van der Waals surface area contributed by atoms with Crippen LogP contribution in [-0.2, 0) is 5.11 Å². The number of halogens is 1. The molecule has 0 fully saturated rings. The van der Waals surface area contributed by atoms with E-state index in [1.54, 1.807) is 18.2 Å². The second-order valence-electron chi connectivity index (χ2n) is 2.12. The molecule has 0 spiro atoms. The Morgan fingerprint density at radius 1 is 1.27 bits per heavy atom. The molecular formula is C9H8FO. The quantitative estimate of drug-likeness (QED) is 0.618. The minimum atomic E-state index is -0.260. The lowest BCUT2D eigenvalue weighted by atomic mass is 10.2. The number of hydrogen-bond donors (Lipinski definition) is 0. The van der Waals surface area contributed by atoms with Crippen LogP contribution in [0.25, 0.3) is 6.08 Å². The maximum Gasteiger partial charge on any atom is 0.123 e. The SMILES string of the molecule is [O]C/C=C/c1ccc(F)cc1. The van der Waals surface area contributed by atoms with E-state index >= 15 is 0 Å². The summed E-state index contributed by atoms with van der Waals surface area (Å²) < 4.78 is 12.3. The molecule has 1 radical (unpaired) electrons. The fourth-order valence-electron chi connectivity index (χ4n) is 0.758. The van der Waals surface area contributed by atoms with Crippen molar-refractivity contribution in [2.45, 2.75) is 0 Å². The van der Waals surface area contributed by atoms with E-state index in [0.29, 0.717) is 0 Å². The summed E-state index contributed by atoms with van der Waals surface area (Å²) in [5.74, 6) is -0.260. The molecule has 0 atom stereocenters. The molecule has 2 heteroatoms. The lowest BCUT2D eigenvalue weighted by Gasteiger charge is -1.90. The lowest BCUT2D eigenvalue weighted by molar-refractivity contribution is 0.233. The van der Waals surface area contributed by atoms with Gasteiger partial charge in [0.15, 0.2) is 0 Å². The van der Waals surface area contributed by atoms with Crippen LogP contribution in [0.2, 0.25) is 0 Å². The van der Waals surface area contributed by atoms with Gasteiger partial charge in [-0.3, -0.25) is 0 Å². The van der Waals surface area contributed by atoms with E-state index in [-0.39, 0.29) is 12.4 Å². The Balaban J connectivity index is 2.73. The van der Waals surface area contributed by atoms with E-state index in [2.05, 4.69) is 0 Å². The van der Waals surface area contributed by atoms with Crippen LogP contribution in [0.5, 0.6) is 0 Å². The third kappa shape index (κ3) is 2.51. The summed E-state index contributed by atoms with van der Waals surface area (Å²) in [5.41, 5.74) is 0.849. The molecule has 0 aromatic heterocycles. The Morgan fingerprint density at radius 3 is 2.45 bits per heavy atom. The first kappa shape index (κ1) is 7.95. The molecule has 0 heterocycles. The molecule has 0 amide bonds. The maximum absolute atomic E-state index is 12.3.